The number of aliphatic hydroxyl groups excluding tert-OH is 1. The minimum atomic E-state index is 0.127. The molecule has 1 saturated carbocycles. The molecule has 1 N–H and O–H groups in total. The third-order valence-corrected chi connectivity index (χ3v) is 4.51. The van der Waals surface area contributed by atoms with E-state index in [1.165, 1.54) is 44.9 Å². The Morgan fingerprint density at radius 2 is 2.11 bits per heavy atom. The van der Waals surface area contributed by atoms with Crippen LogP contribution in [0.4, 0.5) is 0 Å². The molecule has 2 fully saturated rings. The summed E-state index contributed by atoms with van der Waals surface area (Å²) in [5.41, 5.74) is 1.20. The fraction of sp³-hybridized carbons (Fsp3) is 0.733. The molecule has 0 amide bonds. The SMILES string of the molecule is OCc1ccn(CC2CCC3(CCCCC3)O2)c1. The first-order valence-corrected chi connectivity index (χ1v) is 7.23. The third-order valence-electron chi connectivity index (χ3n) is 4.51. The van der Waals surface area contributed by atoms with Gasteiger partial charge in [0.15, 0.2) is 0 Å². The summed E-state index contributed by atoms with van der Waals surface area (Å²) in [5.74, 6) is 0. The largest absolute Gasteiger partial charge is 0.392 e. The van der Waals surface area contributed by atoms with Crippen LogP contribution in [0, 0.1) is 0 Å². The van der Waals surface area contributed by atoms with Gasteiger partial charge < -0.3 is 14.4 Å². The van der Waals surface area contributed by atoms with Crippen molar-refractivity contribution in [3.63, 3.8) is 0 Å². The van der Waals surface area contributed by atoms with Crippen LogP contribution in [0.25, 0.3) is 0 Å². The van der Waals surface area contributed by atoms with Crippen molar-refractivity contribution in [1.29, 1.82) is 0 Å². The van der Waals surface area contributed by atoms with Gasteiger partial charge in [-0.25, -0.2) is 0 Å². The molecular weight excluding hydrogens is 226 g/mol. The van der Waals surface area contributed by atoms with Crippen LogP contribution in [0.5, 0.6) is 0 Å². The molecule has 2 heterocycles. The molecule has 0 aromatic carbocycles. The van der Waals surface area contributed by atoms with Crippen molar-refractivity contribution in [1.82, 2.24) is 4.57 Å². The molecule has 2 aliphatic rings. The predicted molar refractivity (Wildman–Crippen MR) is 70.3 cm³/mol. The Balaban J connectivity index is 1.58. The highest BCUT2D eigenvalue weighted by atomic mass is 16.5. The van der Waals surface area contributed by atoms with Crippen LogP contribution in [0.1, 0.15) is 50.5 Å². The summed E-state index contributed by atoms with van der Waals surface area (Å²) in [5, 5.41) is 9.07. The molecule has 1 unspecified atom stereocenters. The number of rotatable bonds is 3. The van der Waals surface area contributed by atoms with E-state index in [1.807, 2.05) is 18.5 Å². The van der Waals surface area contributed by atoms with E-state index in [0.717, 1.165) is 12.1 Å². The van der Waals surface area contributed by atoms with Crippen LogP contribution < -0.4 is 0 Å². The third kappa shape index (κ3) is 2.47. The van der Waals surface area contributed by atoms with Crippen molar-refractivity contribution in [3.05, 3.63) is 24.0 Å². The molecule has 1 aromatic rings. The summed E-state index contributed by atoms with van der Waals surface area (Å²) < 4.78 is 8.50. The first kappa shape index (κ1) is 12.2. The van der Waals surface area contributed by atoms with Crippen LogP contribution in [0.2, 0.25) is 0 Å². The molecule has 1 aliphatic heterocycles. The molecule has 0 bridgehead atoms. The van der Waals surface area contributed by atoms with Gasteiger partial charge in [-0.1, -0.05) is 19.3 Å². The molecule has 1 aliphatic carbocycles. The highest BCUT2D eigenvalue weighted by Crippen LogP contribution is 2.42. The molecule has 1 spiro atoms. The number of aliphatic hydroxyl groups is 1. The average Bonchev–Trinajstić information content (AvgIpc) is 2.99. The number of aromatic nitrogens is 1. The predicted octanol–water partition coefficient (Wildman–Crippen LogP) is 2.86. The van der Waals surface area contributed by atoms with Gasteiger partial charge in [0.2, 0.25) is 0 Å². The Morgan fingerprint density at radius 1 is 1.28 bits per heavy atom. The first-order valence-electron chi connectivity index (χ1n) is 7.23. The van der Waals surface area contributed by atoms with E-state index in [0.29, 0.717) is 6.10 Å². The number of nitrogens with zero attached hydrogens (tertiary/aromatic N) is 1. The van der Waals surface area contributed by atoms with E-state index < -0.39 is 0 Å². The summed E-state index contributed by atoms with van der Waals surface area (Å²) >= 11 is 0. The van der Waals surface area contributed by atoms with Gasteiger partial charge in [0.1, 0.15) is 0 Å². The molecule has 1 saturated heterocycles. The summed E-state index contributed by atoms with van der Waals surface area (Å²) in [7, 11) is 0. The second kappa shape index (κ2) is 5.06. The van der Waals surface area contributed by atoms with Gasteiger partial charge >= 0.3 is 0 Å². The first-order chi connectivity index (χ1) is 8.80. The second-order valence-corrected chi connectivity index (χ2v) is 5.90. The van der Waals surface area contributed by atoms with Crippen molar-refractivity contribution >= 4 is 0 Å². The van der Waals surface area contributed by atoms with E-state index in [1.54, 1.807) is 0 Å². The number of hydrogen-bond acceptors (Lipinski definition) is 2. The second-order valence-electron chi connectivity index (χ2n) is 5.90. The maximum Gasteiger partial charge on any atom is 0.0762 e. The van der Waals surface area contributed by atoms with E-state index >= 15 is 0 Å². The van der Waals surface area contributed by atoms with Gasteiger partial charge in [-0.15, -0.1) is 0 Å². The van der Waals surface area contributed by atoms with Crippen LogP contribution in [-0.2, 0) is 17.9 Å². The normalized spacial score (nSPS) is 26.8. The smallest absolute Gasteiger partial charge is 0.0762 e. The Labute approximate surface area is 109 Å². The van der Waals surface area contributed by atoms with E-state index in [-0.39, 0.29) is 12.2 Å². The van der Waals surface area contributed by atoms with Crippen molar-refractivity contribution in [3.8, 4) is 0 Å². The lowest BCUT2D eigenvalue weighted by atomic mass is 9.83. The zero-order chi connectivity index (χ0) is 12.4. The molecule has 3 heteroatoms. The molecule has 100 valence electrons. The van der Waals surface area contributed by atoms with Gasteiger partial charge in [-0.2, -0.15) is 0 Å². The van der Waals surface area contributed by atoms with Crippen LogP contribution in [0.3, 0.4) is 0 Å². The van der Waals surface area contributed by atoms with E-state index in [9.17, 15) is 0 Å². The van der Waals surface area contributed by atoms with Crippen LogP contribution >= 0.6 is 0 Å². The maximum absolute atomic E-state index is 9.07. The number of ether oxygens (including phenoxy) is 1. The molecular formula is C15H23NO2. The lowest BCUT2D eigenvalue weighted by Crippen LogP contribution is -2.32. The number of hydrogen-bond donors (Lipinski definition) is 1. The summed E-state index contributed by atoms with van der Waals surface area (Å²) in [4.78, 5) is 0. The quantitative estimate of drug-likeness (QED) is 0.894. The van der Waals surface area contributed by atoms with Gasteiger partial charge in [-0.3, -0.25) is 0 Å². The highest BCUT2D eigenvalue weighted by molar-refractivity contribution is 5.08. The van der Waals surface area contributed by atoms with Crippen molar-refractivity contribution in [2.24, 2.45) is 0 Å². The van der Waals surface area contributed by atoms with E-state index in [2.05, 4.69) is 4.57 Å². The fourth-order valence-corrected chi connectivity index (χ4v) is 3.52. The van der Waals surface area contributed by atoms with Crippen LogP contribution in [0.15, 0.2) is 18.5 Å². The van der Waals surface area contributed by atoms with Gasteiger partial charge in [0.05, 0.1) is 18.3 Å². The Hall–Kier alpha value is -0.800. The van der Waals surface area contributed by atoms with Crippen molar-refractivity contribution in [2.45, 2.75) is 69.8 Å². The molecule has 18 heavy (non-hydrogen) atoms. The van der Waals surface area contributed by atoms with Crippen molar-refractivity contribution in [2.75, 3.05) is 0 Å². The Kier molecular flexibility index (Phi) is 3.44. The topological polar surface area (TPSA) is 34.4 Å². The molecule has 1 atom stereocenters. The van der Waals surface area contributed by atoms with Gasteiger partial charge in [0.25, 0.3) is 0 Å². The molecule has 1 aromatic heterocycles. The van der Waals surface area contributed by atoms with Crippen LogP contribution in [-0.4, -0.2) is 21.4 Å². The maximum atomic E-state index is 9.07. The van der Waals surface area contributed by atoms with Crippen molar-refractivity contribution < 1.29 is 9.84 Å². The standard InChI is InChI=1S/C15H23NO2/c17-12-13-5-9-16(10-13)11-14-4-8-15(18-14)6-2-1-3-7-15/h5,9-10,14,17H,1-4,6-8,11-12H2. The van der Waals surface area contributed by atoms with Gasteiger partial charge in [-0.05, 0) is 37.3 Å². The summed E-state index contributed by atoms with van der Waals surface area (Å²) in [6, 6.07) is 1.98. The molecule has 3 nitrogen and oxygen atoms in total. The summed E-state index contributed by atoms with van der Waals surface area (Å²) in [6.45, 7) is 1.06. The molecule has 0 radical (unpaired) electrons. The lowest BCUT2D eigenvalue weighted by Gasteiger charge is -2.33. The zero-order valence-corrected chi connectivity index (χ0v) is 11.0. The lowest BCUT2D eigenvalue weighted by molar-refractivity contribution is -0.0679. The summed E-state index contributed by atoms with van der Waals surface area (Å²) in [6.07, 6.45) is 13.4. The van der Waals surface area contributed by atoms with E-state index in [4.69, 9.17) is 9.84 Å². The monoisotopic (exact) mass is 249 g/mol. The fourth-order valence-electron chi connectivity index (χ4n) is 3.52. The Bertz CT molecular complexity index is 393. The Morgan fingerprint density at radius 3 is 2.83 bits per heavy atom. The van der Waals surface area contributed by atoms with Gasteiger partial charge in [0, 0.05) is 18.9 Å². The highest BCUT2D eigenvalue weighted by Gasteiger charge is 2.40. The molecule has 3 rings (SSSR count). The zero-order valence-electron chi connectivity index (χ0n) is 11.0. The minimum absolute atomic E-state index is 0.127. The minimum Gasteiger partial charge on any atom is -0.392 e. The average molecular weight is 249 g/mol.